The van der Waals surface area contributed by atoms with Crippen molar-refractivity contribution in [2.24, 2.45) is 11.1 Å². The summed E-state index contributed by atoms with van der Waals surface area (Å²) in [6, 6.07) is 1.97. The van der Waals surface area contributed by atoms with E-state index >= 15 is 0 Å². The fourth-order valence-electron chi connectivity index (χ4n) is 4.36. The molecule has 3 heterocycles. The standard InChI is InChI=1S/C19H24Cl2N6OS/c1-28-11-8-13(22)19(9-11)3-6-27(7-4-19)14-10-25-18(17(23)26-14)29-12-2-5-24-16(21)15(12)20/h2,5,10-11,13H,3-4,6-9,22H2,1H3,(H2,23,26)/t11-,13-/m1/s1. The molecule has 0 radical (unpaired) electrons. The molecule has 2 aromatic heterocycles. The van der Waals surface area contributed by atoms with Crippen LogP contribution in [-0.2, 0) is 4.74 Å². The Balaban J connectivity index is 1.44. The number of pyridine rings is 1. The van der Waals surface area contributed by atoms with Crippen LogP contribution >= 0.6 is 35.0 Å². The number of hydrogen-bond donors (Lipinski definition) is 2. The van der Waals surface area contributed by atoms with Crippen LogP contribution < -0.4 is 16.4 Å². The van der Waals surface area contributed by atoms with E-state index in [4.69, 9.17) is 39.4 Å². The lowest BCUT2D eigenvalue weighted by Crippen LogP contribution is -2.47. The smallest absolute Gasteiger partial charge is 0.158 e. The Hall–Kier alpha value is -1.32. The van der Waals surface area contributed by atoms with Crippen molar-refractivity contribution >= 4 is 46.6 Å². The van der Waals surface area contributed by atoms with Gasteiger partial charge >= 0.3 is 0 Å². The fourth-order valence-corrected chi connectivity index (χ4v) is 5.58. The largest absolute Gasteiger partial charge is 0.381 e. The molecule has 156 valence electrons. The minimum Gasteiger partial charge on any atom is -0.381 e. The number of anilines is 2. The van der Waals surface area contributed by atoms with Crippen LogP contribution in [0.3, 0.4) is 0 Å². The highest BCUT2D eigenvalue weighted by Crippen LogP contribution is 2.47. The zero-order valence-electron chi connectivity index (χ0n) is 16.1. The van der Waals surface area contributed by atoms with E-state index in [1.807, 2.05) is 0 Å². The Bertz CT molecular complexity index is 893. The van der Waals surface area contributed by atoms with Gasteiger partial charge in [-0.2, -0.15) is 0 Å². The second-order valence-corrected chi connectivity index (χ2v) is 9.45. The van der Waals surface area contributed by atoms with Crippen LogP contribution in [-0.4, -0.2) is 47.3 Å². The first-order chi connectivity index (χ1) is 13.9. The van der Waals surface area contributed by atoms with E-state index in [-0.39, 0.29) is 22.7 Å². The van der Waals surface area contributed by atoms with Gasteiger partial charge in [-0.1, -0.05) is 35.0 Å². The summed E-state index contributed by atoms with van der Waals surface area (Å²) in [4.78, 5) is 16.0. The van der Waals surface area contributed by atoms with Gasteiger partial charge in [0, 0.05) is 37.3 Å². The highest BCUT2D eigenvalue weighted by Gasteiger charge is 2.47. The normalized spacial score (nSPS) is 23.7. The average Bonchev–Trinajstić information content (AvgIpc) is 3.02. The van der Waals surface area contributed by atoms with Gasteiger partial charge in [-0.3, -0.25) is 0 Å². The van der Waals surface area contributed by atoms with Crippen molar-refractivity contribution in [1.29, 1.82) is 0 Å². The predicted octanol–water partition coefficient (Wildman–Crippen LogP) is 3.63. The summed E-state index contributed by atoms with van der Waals surface area (Å²) in [5, 5.41) is 1.23. The molecular weight excluding hydrogens is 431 g/mol. The summed E-state index contributed by atoms with van der Waals surface area (Å²) in [5.41, 5.74) is 12.8. The molecule has 10 heteroatoms. The molecule has 0 aromatic carbocycles. The Morgan fingerprint density at radius 3 is 2.69 bits per heavy atom. The number of hydrogen-bond acceptors (Lipinski definition) is 8. The summed E-state index contributed by atoms with van der Waals surface area (Å²) in [6.45, 7) is 1.77. The van der Waals surface area contributed by atoms with Crippen molar-refractivity contribution in [3.8, 4) is 0 Å². The first-order valence-electron chi connectivity index (χ1n) is 9.55. The summed E-state index contributed by atoms with van der Waals surface area (Å²) in [5.74, 6) is 1.16. The molecule has 4 N–H and O–H groups in total. The monoisotopic (exact) mass is 454 g/mol. The quantitative estimate of drug-likeness (QED) is 0.674. The molecule has 0 bridgehead atoms. The molecule has 2 fully saturated rings. The van der Waals surface area contributed by atoms with Gasteiger partial charge in [-0.15, -0.1) is 0 Å². The SMILES string of the molecule is CO[C@@H]1C[C@@H](N)C2(CCN(c3cnc(Sc4ccnc(Cl)c4Cl)c(N)n3)CC2)C1. The number of nitrogens with two attached hydrogens (primary N) is 2. The minimum atomic E-state index is 0.170. The van der Waals surface area contributed by atoms with Crippen LogP contribution in [0.1, 0.15) is 25.7 Å². The molecule has 29 heavy (non-hydrogen) atoms. The Kier molecular flexibility index (Phi) is 6.09. The van der Waals surface area contributed by atoms with Gasteiger partial charge in [0.1, 0.15) is 16.0 Å². The first kappa shape index (κ1) is 20.9. The van der Waals surface area contributed by atoms with Crippen molar-refractivity contribution in [1.82, 2.24) is 15.0 Å². The third-order valence-electron chi connectivity index (χ3n) is 6.12. The molecule has 1 spiro atoms. The number of ether oxygens (including phenoxy) is 1. The van der Waals surface area contributed by atoms with Crippen LogP contribution in [0.4, 0.5) is 11.6 Å². The van der Waals surface area contributed by atoms with Crippen molar-refractivity contribution in [2.75, 3.05) is 30.8 Å². The molecule has 4 rings (SSSR count). The zero-order valence-corrected chi connectivity index (χ0v) is 18.5. The van der Waals surface area contributed by atoms with Crippen LogP contribution in [0.5, 0.6) is 0 Å². The second kappa shape index (κ2) is 8.43. The lowest BCUT2D eigenvalue weighted by Gasteiger charge is -2.42. The Morgan fingerprint density at radius 2 is 2.03 bits per heavy atom. The van der Waals surface area contributed by atoms with Crippen LogP contribution in [0.15, 0.2) is 28.4 Å². The first-order valence-corrected chi connectivity index (χ1v) is 11.1. The minimum absolute atomic E-state index is 0.170. The summed E-state index contributed by atoms with van der Waals surface area (Å²) in [7, 11) is 1.77. The maximum atomic E-state index is 6.46. The Labute approximate surface area is 184 Å². The number of rotatable bonds is 4. The van der Waals surface area contributed by atoms with Crippen molar-refractivity contribution in [2.45, 2.75) is 47.8 Å². The van der Waals surface area contributed by atoms with E-state index in [0.29, 0.717) is 15.9 Å². The lowest BCUT2D eigenvalue weighted by atomic mass is 9.74. The molecule has 1 saturated carbocycles. The van der Waals surface area contributed by atoms with Gasteiger partial charge in [0.25, 0.3) is 0 Å². The summed E-state index contributed by atoms with van der Waals surface area (Å²) in [6.07, 6.45) is 7.67. The third-order valence-corrected chi connectivity index (χ3v) is 8.07. The van der Waals surface area contributed by atoms with E-state index in [9.17, 15) is 0 Å². The van der Waals surface area contributed by atoms with Crippen molar-refractivity contribution in [3.05, 3.63) is 28.6 Å². The fraction of sp³-hybridized carbons (Fsp3) is 0.526. The van der Waals surface area contributed by atoms with Gasteiger partial charge < -0.3 is 21.1 Å². The predicted molar refractivity (Wildman–Crippen MR) is 117 cm³/mol. The molecule has 7 nitrogen and oxygen atoms in total. The van der Waals surface area contributed by atoms with Gasteiger partial charge in [0.15, 0.2) is 5.82 Å². The number of aromatic nitrogens is 3. The van der Waals surface area contributed by atoms with Gasteiger partial charge in [0.2, 0.25) is 0 Å². The van der Waals surface area contributed by atoms with Gasteiger partial charge in [-0.05, 0) is 37.2 Å². The van der Waals surface area contributed by atoms with Crippen molar-refractivity contribution in [3.63, 3.8) is 0 Å². The molecule has 2 aromatic rings. The van der Waals surface area contributed by atoms with E-state index < -0.39 is 0 Å². The number of piperidine rings is 1. The molecule has 0 amide bonds. The molecule has 2 aliphatic rings. The highest BCUT2D eigenvalue weighted by atomic mass is 35.5. The molecular formula is C19H24Cl2N6OS. The van der Waals surface area contributed by atoms with E-state index in [1.54, 1.807) is 25.6 Å². The van der Waals surface area contributed by atoms with Crippen LogP contribution in [0, 0.1) is 5.41 Å². The number of halogens is 2. The molecule has 1 aliphatic heterocycles. The maximum absolute atomic E-state index is 6.46. The second-order valence-electron chi connectivity index (χ2n) is 7.69. The average molecular weight is 455 g/mol. The summed E-state index contributed by atoms with van der Waals surface area (Å²) < 4.78 is 5.56. The number of nitrogens with zero attached hydrogens (tertiary/aromatic N) is 4. The third kappa shape index (κ3) is 4.14. The summed E-state index contributed by atoms with van der Waals surface area (Å²) >= 11 is 13.5. The molecule has 0 unspecified atom stereocenters. The van der Waals surface area contributed by atoms with Gasteiger partial charge in [0.05, 0.1) is 17.3 Å². The zero-order chi connectivity index (χ0) is 20.6. The van der Waals surface area contributed by atoms with E-state index in [1.165, 1.54) is 11.8 Å². The molecule has 2 atom stereocenters. The van der Waals surface area contributed by atoms with Crippen LogP contribution in [0.25, 0.3) is 0 Å². The molecule has 1 saturated heterocycles. The topological polar surface area (TPSA) is 103 Å². The van der Waals surface area contributed by atoms with Gasteiger partial charge in [-0.25, -0.2) is 15.0 Å². The Morgan fingerprint density at radius 1 is 1.28 bits per heavy atom. The molecule has 1 aliphatic carbocycles. The maximum Gasteiger partial charge on any atom is 0.158 e. The van der Waals surface area contributed by atoms with E-state index in [2.05, 4.69) is 19.9 Å². The lowest BCUT2D eigenvalue weighted by molar-refractivity contribution is 0.0891. The highest BCUT2D eigenvalue weighted by molar-refractivity contribution is 7.99. The van der Waals surface area contributed by atoms with E-state index in [0.717, 1.165) is 49.5 Å². The van der Waals surface area contributed by atoms with Crippen molar-refractivity contribution < 1.29 is 4.74 Å². The number of nitrogen functional groups attached to an aromatic ring is 1. The number of methoxy groups -OCH3 is 1. The van der Waals surface area contributed by atoms with Crippen LogP contribution in [0.2, 0.25) is 10.2 Å².